The van der Waals surface area contributed by atoms with Crippen LogP contribution in [0.5, 0.6) is 0 Å². The van der Waals surface area contributed by atoms with Gasteiger partial charge >= 0.3 is 0 Å². The molecule has 2 aliphatic rings. The van der Waals surface area contributed by atoms with E-state index in [2.05, 4.69) is 26.3 Å². The van der Waals surface area contributed by atoms with Crippen LogP contribution in [0.1, 0.15) is 29.0 Å². The molecule has 1 unspecified atom stereocenters. The Bertz CT molecular complexity index is 923. The third-order valence-corrected chi connectivity index (χ3v) is 6.45. The fraction of sp³-hybridized carbons (Fsp3) is 0.450. The van der Waals surface area contributed by atoms with Crippen LogP contribution in [-0.2, 0) is 24.2 Å². The van der Waals surface area contributed by atoms with Gasteiger partial charge in [-0.05, 0) is 43.5 Å². The minimum Gasteiger partial charge on any atom is -0.376 e. The van der Waals surface area contributed by atoms with Gasteiger partial charge in [0, 0.05) is 30.8 Å². The molecule has 0 amide bonds. The van der Waals surface area contributed by atoms with E-state index < -0.39 is 0 Å². The summed E-state index contributed by atoms with van der Waals surface area (Å²) in [5.41, 5.74) is 2.47. The molecule has 27 heavy (non-hydrogen) atoms. The first-order valence-corrected chi connectivity index (χ1v) is 10.4. The normalized spacial score (nSPS) is 19.3. The SMILES string of the molecule is c1ccc(CN(CC2CCCO2)c2ncnc3sc4c(c23)CCNC4)nc1. The summed E-state index contributed by atoms with van der Waals surface area (Å²) < 4.78 is 5.94. The molecule has 0 radical (unpaired) electrons. The number of ether oxygens (including phenoxy) is 1. The Labute approximate surface area is 162 Å². The van der Waals surface area contributed by atoms with E-state index in [1.807, 2.05) is 18.3 Å². The molecule has 3 aromatic rings. The predicted octanol–water partition coefficient (Wildman–Crippen LogP) is 2.92. The zero-order valence-corrected chi connectivity index (χ0v) is 16.0. The summed E-state index contributed by atoms with van der Waals surface area (Å²) in [5.74, 6) is 1.03. The lowest BCUT2D eigenvalue weighted by Crippen LogP contribution is -2.33. The Morgan fingerprint density at radius 2 is 2.26 bits per heavy atom. The number of nitrogens with one attached hydrogen (secondary N) is 1. The maximum Gasteiger partial charge on any atom is 0.141 e. The first kappa shape index (κ1) is 17.0. The topological polar surface area (TPSA) is 63.2 Å². The Kier molecular flexibility index (Phi) is 4.73. The Morgan fingerprint density at radius 1 is 1.26 bits per heavy atom. The largest absolute Gasteiger partial charge is 0.376 e. The maximum absolute atomic E-state index is 5.94. The molecule has 1 fully saturated rings. The van der Waals surface area contributed by atoms with Gasteiger partial charge in [-0.15, -0.1) is 11.3 Å². The third-order valence-electron chi connectivity index (χ3n) is 5.31. The second-order valence-corrected chi connectivity index (χ2v) is 8.23. The molecule has 3 aromatic heterocycles. The fourth-order valence-electron chi connectivity index (χ4n) is 4.03. The average molecular weight is 382 g/mol. The van der Waals surface area contributed by atoms with Crippen LogP contribution < -0.4 is 10.2 Å². The molecular formula is C20H23N5OS. The minimum absolute atomic E-state index is 0.259. The van der Waals surface area contributed by atoms with E-state index in [0.717, 1.165) is 68.4 Å². The van der Waals surface area contributed by atoms with Gasteiger partial charge in [0.15, 0.2) is 0 Å². The summed E-state index contributed by atoms with van der Waals surface area (Å²) in [4.78, 5) is 18.7. The lowest BCUT2D eigenvalue weighted by Gasteiger charge is -2.27. The number of rotatable bonds is 5. The summed E-state index contributed by atoms with van der Waals surface area (Å²) in [6, 6.07) is 6.08. The predicted molar refractivity (Wildman–Crippen MR) is 107 cm³/mol. The van der Waals surface area contributed by atoms with Crippen LogP contribution >= 0.6 is 11.3 Å². The van der Waals surface area contributed by atoms with Gasteiger partial charge in [0.1, 0.15) is 17.0 Å². The van der Waals surface area contributed by atoms with E-state index in [1.54, 1.807) is 17.7 Å². The van der Waals surface area contributed by atoms with Gasteiger partial charge < -0.3 is 15.0 Å². The van der Waals surface area contributed by atoms with Crippen LogP contribution in [0.3, 0.4) is 0 Å². The average Bonchev–Trinajstić information content (AvgIpc) is 3.35. The molecule has 1 N–H and O–H groups in total. The first-order chi connectivity index (χ1) is 13.4. The molecule has 1 atom stereocenters. The van der Waals surface area contributed by atoms with Gasteiger partial charge in [-0.2, -0.15) is 0 Å². The van der Waals surface area contributed by atoms with Gasteiger partial charge in [0.25, 0.3) is 0 Å². The fourth-order valence-corrected chi connectivity index (χ4v) is 5.18. The lowest BCUT2D eigenvalue weighted by molar-refractivity contribution is 0.115. The second kappa shape index (κ2) is 7.50. The van der Waals surface area contributed by atoms with Crippen molar-refractivity contribution in [3.05, 3.63) is 46.9 Å². The first-order valence-electron chi connectivity index (χ1n) is 9.61. The smallest absolute Gasteiger partial charge is 0.141 e. The molecular weight excluding hydrogens is 358 g/mol. The van der Waals surface area contributed by atoms with Crippen molar-refractivity contribution in [1.82, 2.24) is 20.3 Å². The van der Waals surface area contributed by atoms with Crippen molar-refractivity contribution in [1.29, 1.82) is 0 Å². The molecule has 5 rings (SSSR count). The minimum atomic E-state index is 0.259. The molecule has 0 bridgehead atoms. The summed E-state index contributed by atoms with van der Waals surface area (Å²) >= 11 is 1.79. The highest BCUT2D eigenvalue weighted by atomic mass is 32.1. The van der Waals surface area contributed by atoms with Crippen LogP contribution in [0.2, 0.25) is 0 Å². The van der Waals surface area contributed by atoms with E-state index in [4.69, 9.17) is 9.72 Å². The van der Waals surface area contributed by atoms with Gasteiger partial charge in [0.2, 0.25) is 0 Å². The Morgan fingerprint density at radius 3 is 3.11 bits per heavy atom. The number of thiophene rings is 1. The van der Waals surface area contributed by atoms with Crippen LogP contribution in [0.25, 0.3) is 10.2 Å². The number of pyridine rings is 1. The van der Waals surface area contributed by atoms with Gasteiger partial charge in [0.05, 0.1) is 23.7 Å². The van der Waals surface area contributed by atoms with Crippen molar-refractivity contribution in [3.63, 3.8) is 0 Å². The highest BCUT2D eigenvalue weighted by Crippen LogP contribution is 2.37. The molecule has 7 heteroatoms. The lowest BCUT2D eigenvalue weighted by atomic mass is 10.1. The molecule has 140 valence electrons. The summed E-state index contributed by atoms with van der Waals surface area (Å²) in [6.45, 7) is 4.38. The number of aromatic nitrogens is 3. The van der Waals surface area contributed by atoms with Crippen molar-refractivity contribution in [3.8, 4) is 0 Å². The second-order valence-electron chi connectivity index (χ2n) is 7.14. The number of fused-ring (bicyclic) bond motifs is 3. The van der Waals surface area contributed by atoms with Gasteiger partial charge in [-0.25, -0.2) is 9.97 Å². The zero-order valence-electron chi connectivity index (χ0n) is 15.2. The molecule has 6 nitrogen and oxygen atoms in total. The van der Waals surface area contributed by atoms with Crippen LogP contribution in [0, 0.1) is 0 Å². The van der Waals surface area contributed by atoms with Gasteiger partial charge in [-0.3, -0.25) is 4.98 Å². The van der Waals surface area contributed by atoms with E-state index in [9.17, 15) is 0 Å². The molecule has 5 heterocycles. The monoisotopic (exact) mass is 381 g/mol. The molecule has 1 saturated heterocycles. The number of anilines is 1. The molecule has 0 spiro atoms. The standard InChI is InChI=1S/C20H23N5OS/c1-2-7-22-14(4-1)11-25(12-15-5-3-9-26-15)19-18-16-6-8-21-10-17(16)27-20(18)24-13-23-19/h1-2,4,7,13,15,21H,3,5-6,8-12H2. The van der Waals surface area contributed by atoms with E-state index in [0.29, 0.717) is 0 Å². The zero-order chi connectivity index (χ0) is 18.1. The molecule has 0 saturated carbocycles. The van der Waals surface area contributed by atoms with Crippen molar-refractivity contribution in [2.75, 3.05) is 24.6 Å². The summed E-state index contributed by atoms with van der Waals surface area (Å²) in [7, 11) is 0. The van der Waals surface area contributed by atoms with Crippen molar-refractivity contribution >= 4 is 27.4 Å². The third kappa shape index (κ3) is 3.42. The van der Waals surface area contributed by atoms with Crippen molar-refractivity contribution in [2.45, 2.75) is 38.5 Å². The Balaban J connectivity index is 1.56. The molecule has 2 aliphatic heterocycles. The summed E-state index contributed by atoms with van der Waals surface area (Å²) in [6.07, 6.45) is 7.10. The number of hydrogen-bond acceptors (Lipinski definition) is 7. The highest BCUT2D eigenvalue weighted by Gasteiger charge is 2.25. The highest BCUT2D eigenvalue weighted by molar-refractivity contribution is 7.19. The summed E-state index contributed by atoms with van der Waals surface area (Å²) in [5, 5.41) is 4.70. The molecule has 0 aliphatic carbocycles. The van der Waals surface area contributed by atoms with Crippen LogP contribution in [0.15, 0.2) is 30.7 Å². The van der Waals surface area contributed by atoms with Crippen LogP contribution in [0.4, 0.5) is 5.82 Å². The van der Waals surface area contributed by atoms with Crippen LogP contribution in [-0.4, -0.2) is 40.8 Å². The van der Waals surface area contributed by atoms with Crippen molar-refractivity contribution < 1.29 is 4.74 Å². The maximum atomic E-state index is 5.94. The van der Waals surface area contributed by atoms with Gasteiger partial charge in [-0.1, -0.05) is 6.07 Å². The van der Waals surface area contributed by atoms with E-state index >= 15 is 0 Å². The van der Waals surface area contributed by atoms with E-state index in [1.165, 1.54) is 15.8 Å². The number of nitrogens with zero attached hydrogens (tertiary/aromatic N) is 4. The Hall–Kier alpha value is -2.09. The van der Waals surface area contributed by atoms with E-state index in [-0.39, 0.29) is 6.10 Å². The molecule has 0 aromatic carbocycles. The quantitative estimate of drug-likeness (QED) is 0.733. The number of hydrogen-bond donors (Lipinski definition) is 1. The van der Waals surface area contributed by atoms with Crippen molar-refractivity contribution in [2.24, 2.45) is 0 Å².